The van der Waals surface area contributed by atoms with Gasteiger partial charge in [0, 0.05) is 5.56 Å². The van der Waals surface area contributed by atoms with Crippen LogP contribution in [0.3, 0.4) is 0 Å². The quantitative estimate of drug-likeness (QED) is 0.297. The normalized spacial score (nSPS) is 18.5. The Balaban J connectivity index is 1.42. The van der Waals surface area contributed by atoms with Crippen molar-refractivity contribution < 1.29 is 4.74 Å². The molecule has 0 unspecified atom stereocenters. The van der Waals surface area contributed by atoms with Gasteiger partial charge in [0.2, 0.25) is 0 Å². The van der Waals surface area contributed by atoms with Gasteiger partial charge in [0.25, 0.3) is 0 Å². The highest BCUT2D eigenvalue weighted by Gasteiger charge is 2.20. The van der Waals surface area contributed by atoms with Gasteiger partial charge >= 0.3 is 0 Å². The molecule has 0 radical (unpaired) electrons. The van der Waals surface area contributed by atoms with Crippen molar-refractivity contribution in [2.75, 3.05) is 6.61 Å². The fourth-order valence-electron chi connectivity index (χ4n) is 4.34. The lowest BCUT2D eigenvalue weighted by atomic mass is 9.78. The Hall–Kier alpha value is -2.46. The third-order valence-corrected chi connectivity index (χ3v) is 6.29. The molecule has 31 heavy (non-hydrogen) atoms. The fourth-order valence-corrected chi connectivity index (χ4v) is 4.34. The summed E-state index contributed by atoms with van der Waals surface area (Å²) in [5.41, 5.74) is 4.07. The zero-order valence-electron chi connectivity index (χ0n) is 19.4. The van der Waals surface area contributed by atoms with Crippen molar-refractivity contribution in [1.82, 2.24) is 0 Å². The van der Waals surface area contributed by atoms with E-state index < -0.39 is 0 Å². The summed E-state index contributed by atoms with van der Waals surface area (Å²) >= 11 is 0. The first kappa shape index (κ1) is 23.2. The van der Waals surface area contributed by atoms with Gasteiger partial charge in [0.15, 0.2) is 0 Å². The van der Waals surface area contributed by atoms with Crippen molar-refractivity contribution >= 4 is 0 Å². The van der Waals surface area contributed by atoms with Crippen LogP contribution in [0.15, 0.2) is 60.7 Å². The van der Waals surface area contributed by atoms with E-state index in [0.29, 0.717) is 5.92 Å². The zero-order valence-corrected chi connectivity index (χ0v) is 19.4. The van der Waals surface area contributed by atoms with E-state index in [1.54, 1.807) is 0 Å². The number of benzene rings is 2. The molecule has 0 atom stereocenters. The molecule has 2 aromatic carbocycles. The van der Waals surface area contributed by atoms with Gasteiger partial charge < -0.3 is 4.74 Å². The highest BCUT2D eigenvalue weighted by Crippen LogP contribution is 2.36. The summed E-state index contributed by atoms with van der Waals surface area (Å²) in [7, 11) is 0. The van der Waals surface area contributed by atoms with Crippen LogP contribution >= 0.6 is 0 Å². The Morgan fingerprint density at radius 2 is 1.61 bits per heavy atom. The number of allylic oxidation sites excluding steroid dienone is 2. The first-order valence-electron chi connectivity index (χ1n) is 12.3. The third-order valence-electron chi connectivity index (χ3n) is 6.29. The van der Waals surface area contributed by atoms with Crippen LogP contribution in [0.5, 0.6) is 5.75 Å². The van der Waals surface area contributed by atoms with Crippen LogP contribution in [0, 0.1) is 17.8 Å². The second-order valence-corrected chi connectivity index (χ2v) is 8.81. The zero-order chi connectivity index (χ0) is 21.7. The summed E-state index contributed by atoms with van der Waals surface area (Å²) in [4.78, 5) is 0. The summed E-state index contributed by atoms with van der Waals surface area (Å²) < 4.78 is 5.62. The molecule has 1 aliphatic carbocycles. The van der Waals surface area contributed by atoms with Crippen molar-refractivity contribution in [1.29, 1.82) is 0 Å². The molecule has 1 fully saturated rings. The summed E-state index contributed by atoms with van der Waals surface area (Å²) in [6.07, 6.45) is 15.7. The summed E-state index contributed by atoms with van der Waals surface area (Å²) in [5, 5.41) is 0. The molecule has 0 amide bonds. The molecule has 0 bridgehead atoms. The van der Waals surface area contributed by atoms with Gasteiger partial charge in [-0.05, 0) is 98.2 Å². The maximum Gasteiger partial charge on any atom is 0.119 e. The van der Waals surface area contributed by atoms with Crippen LogP contribution in [0.25, 0.3) is 0 Å². The monoisotopic (exact) mass is 414 g/mol. The smallest absolute Gasteiger partial charge is 0.119 e. The predicted octanol–water partition coefficient (Wildman–Crippen LogP) is 8.09. The Morgan fingerprint density at radius 3 is 2.29 bits per heavy atom. The summed E-state index contributed by atoms with van der Waals surface area (Å²) in [6.45, 7) is 5.15. The first-order chi connectivity index (χ1) is 15.3. The maximum absolute atomic E-state index is 5.62. The molecular weight excluding hydrogens is 376 g/mol. The lowest BCUT2D eigenvalue weighted by Crippen LogP contribution is -2.11. The number of aryl methyl sites for hydroxylation is 1. The highest BCUT2D eigenvalue weighted by molar-refractivity contribution is 5.40. The van der Waals surface area contributed by atoms with Gasteiger partial charge in [0.1, 0.15) is 5.75 Å². The van der Waals surface area contributed by atoms with E-state index in [1.807, 2.05) is 24.3 Å². The molecule has 0 aromatic heterocycles. The van der Waals surface area contributed by atoms with Gasteiger partial charge in [-0.2, -0.15) is 0 Å². The van der Waals surface area contributed by atoms with Gasteiger partial charge in [-0.1, -0.05) is 68.9 Å². The average molecular weight is 415 g/mol. The van der Waals surface area contributed by atoms with Gasteiger partial charge in [-0.3, -0.25) is 0 Å². The first-order valence-corrected chi connectivity index (χ1v) is 12.3. The molecule has 1 heteroatoms. The molecule has 1 nitrogen and oxygen atoms in total. The molecule has 0 saturated heterocycles. The van der Waals surface area contributed by atoms with E-state index in [4.69, 9.17) is 4.74 Å². The molecule has 1 saturated carbocycles. The lowest BCUT2D eigenvalue weighted by Gasteiger charge is -2.27. The third kappa shape index (κ3) is 7.95. The van der Waals surface area contributed by atoms with E-state index in [2.05, 4.69) is 62.1 Å². The molecule has 0 aliphatic heterocycles. The van der Waals surface area contributed by atoms with E-state index in [1.165, 1.54) is 62.5 Å². The largest absolute Gasteiger partial charge is 0.494 e. The molecule has 0 spiro atoms. The van der Waals surface area contributed by atoms with Crippen LogP contribution in [0.4, 0.5) is 0 Å². The van der Waals surface area contributed by atoms with Crippen molar-refractivity contribution in [3.05, 3.63) is 77.4 Å². The minimum atomic E-state index is 0.670. The van der Waals surface area contributed by atoms with E-state index in [9.17, 15) is 0 Å². The molecule has 1 aliphatic rings. The second-order valence-electron chi connectivity index (χ2n) is 8.81. The predicted molar refractivity (Wildman–Crippen MR) is 133 cm³/mol. The van der Waals surface area contributed by atoms with Gasteiger partial charge in [0.05, 0.1) is 6.61 Å². The number of rotatable bonds is 9. The fraction of sp³-hybridized carbons (Fsp3) is 0.467. The Kier molecular flexibility index (Phi) is 9.78. The Morgan fingerprint density at radius 1 is 0.871 bits per heavy atom. The van der Waals surface area contributed by atoms with Gasteiger partial charge in [-0.15, -0.1) is 0 Å². The van der Waals surface area contributed by atoms with Crippen LogP contribution < -0.4 is 4.74 Å². The summed E-state index contributed by atoms with van der Waals surface area (Å²) in [5.74, 6) is 8.77. The van der Waals surface area contributed by atoms with Gasteiger partial charge in [-0.25, -0.2) is 0 Å². The molecule has 0 heterocycles. The van der Waals surface area contributed by atoms with Crippen LogP contribution in [0.1, 0.15) is 87.8 Å². The number of hydrogen-bond acceptors (Lipinski definition) is 1. The SMILES string of the molecule is CCCCCc1ccc(C2CCC(/C=C/C#Cc3ccc(OCCC)cc3)CC2)cc1. The minimum Gasteiger partial charge on any atom is -0.494 e. The topological polar surface area (TPSA) is 9.23 Å². The summed E-state index contributed by atoms with van der Waals surface area (Å²) in [6, 6.07) is 17.5. The number of hydrogen-bond donors (Lipinski definition) is 0. The molecule has 164 valence electrons. The lowest BCUT2D eigenvalue weighted by molar-refractivity contribution is 0.317. The maximum atomic E-state index is 5.62. The van der Waals surface area contributed by atoms with Crippen LogP contribution in [-0.4, -0.2) is 6.61 Å². The molecule has 2 aromatic rings. The average Bonchev–Trinajstić information content (AvgIpc) is 2.82. The Bertz CT molecular complexity index is 840. The van der Waals surface area contributed by atoms with Crippen molar-refractivity contribution in [3.8, 4) is 17.6 Å². The Labute approximate surface area is 189 Å². The van der Waals surface area contributed by atoms with E-state index in [0.717, 1.165) is 30.3 Å². The van der Waals surface area contributed by atoms with Crippen LogP contribution in [-0.2, 0) is 6.42 Å². The van der Waals surface area contributed by atoms with E-state index >= 15 is 0 Å². The molecular formula is C30H38O. The van der Waals surface area contributed by atoms with Crippen molar-refractivity contribution in [2.45, 2.75) is 77.6 Å². The number of ether oxygens (including phenoxy) is 1. The van der Waals surface area contributed by atoms with Crippen molar-refractivity contribution in [3.63, 3.8) is 0 Å². The highest BCUT2D eigenvalue weighted by atomic mass is 16.5. The standard InChI is InChI=1S/C30H38O/c1-3-5-6-9-25-12-18-28(19-13-25)29-20-14-26(15-21-29)10-7-8-11-27-16-22-30(23-17-27)31-24-4-2/h7,10,12-13,16-19,22-23,26,29H,3-6,9,14-15,20-21,24H2,1-2H3/b10-7+. The van der Waals surface area contributed by atoms with E-state index in [-0.39, 0.29) is 0 Å². The van der Waals surface area contributed by atoms with Crippen molar-refractivity contribution in [2.24, 2.45) is 5.92 Å². The molecule has 3 rings (SSSR count). The molecule has 0 N–H and O–H groups in total. The minimum absolute atomic E-state index is 0.670. The second kappa shape index (κ2) is 13.1. The number of unbranched alkanes of at least 4 members (excludes halogenated alkanes) is 2. The van der Waals surface area contributed by atoms with Crippen LogP contribution in [0.2, 0.25) is 0 Å².